The second kappa shape index (κ2) is 6.48. The average Bonchev–Trinajstić information content (AvgIpc) is 2.58. The van der Waals surface area contributed by atoms with Crippen LogP contribution in [0.5, 0.6) is 0 Å². The molecule has 3 nitrogen and oxygen atoms in total. The fourth-order valence-electron chi connectivity index (χ4n) is 2.03. The zero-order chi connectivity index (χ0) is 14.3. The Morgan fingerprint density at radius 2 is 1.29 bits per heavy atom. The molecule has 0 radical (unpaired) electrons. The zero-order valence-electron chi connectivity index (χ0n) is 11.5. The van der Waals surface area contributed by atoms with Crippen LogP contribution in [0.4, 0.5) is 5.82 Å². The number of aromatic nitrogens is 1. The molecule has 3 heteroatoms. The summed E-state index contributed by atoms with van der Waals surface area (Å²) < 4.78 is 0. The fraction of sp³-hybridized carbons (Fsp3) is 0. The van der Waals surface area contributed by atoms with Crippen molar-refractivity contribution in [3.8, 4) is 0 Å². The van der Waals surface area contributed by atoms with Crippen molar-refractivity contribution in [2.24, 2.45) is 5.10 Å². The fourth-order valence-corrected chi connectivity index (χ4v) is 2.03. The van der Waals surface area contributed by atoms with Gasteiger partial charge in [0.1, 0.15) is 5.82 Å². The van der Waals surface area contributed by atoms with Crippen LogP contribution in [-0.2, 0) is 0 Å². The van der Waals surface area contributed by atoms with Crippen LogP contribution in [0.15, 0.2) is 90.2 Å². The van der Waals surface area contributed by atoms with E-state index in [1.54, 1.807) is 6.20 Å². The predicted molar refractivity (Wildman–Crippen MR) is 86.4 cm³/mol. The number of nitrogens with zero attached hydrogens (tertiary/aromatic N) is 2. The van der Waals surface area contributed by atoms with Crippen molar-refractivity contribution in [3.63, 3.8) is 0 Å². The maximum atomic E-state index is 4.54. The summed E-state index contributed by atoms with van der Waals surface area (Å²) in [5.74, 6) is 0.724. The van der Waals surface area contributed by atoms with Gasteiger partial charge >= 0.3 is 0 Å². The quantitative estimate of drug-likeness (QED) is 0.577. The summed E-state index contributed by atoms with van der Waals surface area (Å²) in [5, 5.41) is 4.54. The molecule has 1 N–H and O–H groups in total. The van der Waals surface area contributed by atoms with Crippen LogP contribution in [0.2, 0.25) is 0 Å². The third-order valence-electron chi connectivity index (χ3n) is 3.04. The number of hydrogen-bond donors (Lipinski definition) is 1. The molecule has 0 spiro atoms. The summed E-state index contributed by atoms with van der Waals surface area (Å²) >= 11 is 0. The molecule has 1 heterocycles. The highest BCUT2D eigenvalue weighted by molar-refractivity contribution is 6.13. The maximum Gasteiger partial charge on any atom is 0.146 e. The standard InChI is InChI=1S/C18H15N3/c1-3-9-15(10-4-1)18(16-11-5-2-6-12-16)21-20-17-13-7-8-14-19-17/h1-14H,(H,19,20). The van der Waals surface area contributed by atoms with Gasteiger partial charge in [0, 0.05) is 17.3 Å². The molecule has 0 bridgehead atoms. The van der Waals surface area contributed by atoms with Gasteiger partial charge in [0.2, 0.25) is 0 Å². The van der Waals surface area contributed by atoms with E-state index in [4.69, 9.17) is 0 Å². The Morgan fingerprint density at radius 3 is 1.81 bits per heavy atom. The summed E-state index contributed by atoms with van der Waals surface area (Å²) in [6, 6.07) is 25.9. The molecule has 0 amide bonds. The van der Waals surface area contributed by atoms with Gasteiger partial charge in [-0.1, -0.05) is 66.7 Å². The third kappa shape index (κ3) is 3.34. The molecule has 0 aliphatic rings. The van der Waals surface area contributed by atoms with Gasteiger partial charge < -0.3 is 0 Å². The lowest BCUT2D eigenvalue weighted by Gasteiger charge is -2.08. The average molecular weight is 273 g/mol. The molecule has 0 aliphatic heterocycles. The second-order valence-corrected chi connectivity index (χ2v) is 4.52. The number of pyridine rings is 1. The first-order chi connectivity index (χ1) is 10.4. The van der Waals surface area contributed by atoms with Gasteiger partial charge in [-0.15, -0.1) is 0 Å². The van der Waals surface area contributed by atoms with Crippen LogP contribution in [0.25, 0.3) is 0 Å². The van der Waals surface area contributed by atoms with E-state index in [-0.39, 0.29) is 0 Å². The van der Waals surface area contributed by atoms with E-state index >= 15 is 0 Å². The van der Waals surface area contributed by atoms with E-state index in [1.807, 2.05) is 78.9 Å². The lowest BCUT2D eigenvalue weighted by Crippen LogP contribution is -2.06. The molecule has 3 aromatic rings. The first-order valence-corrected chi connectivity index (χ1v) is 6.79. The molecular weight excluding hydrogens is 258 g/mol. The molecule has 0 atom stereocenters. The number of hydrogen-bond acceptors (Lipinski definition) is 3. The Bertz CT molecular complexity index is 666. The minimum Gasteiger partial charge on any atom is -0.261 e. The summed E-state index contributed by atoms with van der Waals surface area (Å²) in [6.45, 7) is 0. The molecule has 0 saturated carbocycles. The van der Waals surface area contributed by atoms with Crippen molar-refractivity contribution < 1.29 is 0 Å². The molecule has 0 aliphatic carbocycles. The van der Waals surface area contributed by atoms with Crippen LogP contribution in [0.1, 0.15) is 11.1 Å². The summed E-state index contributed by atoms with van der Waals surface area (Å²) in [6.07, 6.45) is 1.74. The van der Waals surface area contributed by atoms with E-state index in [2.05, 4.69) is 15.5 Å². The SMILES string of the molecule is c1ccc(C(=NNc2ccccn2)c2ccccc2)cc1. The summed E-state index contributed by atoms with van der Waals surface area (Å²) in [5.41, 5.74) is 6.03. The first-order valence-electron chi connectivity index (χ1n) is 6.79. The van der Waals surface area contributed by atoms with Gasteiger partial charge in [0.25, 0.3) is 0 Å². The van der Waals surface area contributed by atoms with E-state index in [0.717, 1.165) is 22.7 Å². The van der Waals surface area contributed by atoms with Crippen molar-refractivity contribution in [1.82, 2.24) is 4.98 Å². The van der Waals surface area contributed by atoms with Crippen LogP contribution >= 0.6 is 0 Å². The van der Waals surface area contributed by atoms with Gasteiger partial charge in [0.15, 0.2) is 0 Å². The van der Waals surface area contributed by atoms with Gasteiger partial charge in [-0.25, -0.2) is 4.98 Å². The zero-order valence-corrected chi connectivity index (χ0v) is 11.5. The largest absolute Gasteiger partial charge is 0.261 e. The molecule has 21 heavy (non-hydrogen) atoms. The highest BCUT2D eigenvalue weighted by Crippen LogP contribution is 2.11. The third-order valence-corrected chi connectivity index (χ3v) is 3.04. The van der Waals surface area contributed by atoms with E-state index in [9.17, 15) is 0 Å². The maximum absolute atomic E-state index is 4.54. The van der Waals surface area contributed by atoms with Gasteiger partial charge in [-0.05, 0) is 12.1 Å². The Hall–Kier alpha value is -2.94. The topological polar surface area (TPSA) is 37.3 Å². The number of nitrogens with one attached hydrogen (secondary N) is 1. The molecule has 0 fully saturated rings. The number of anilines is 1. The van der Waals surface area contributed by atoms with Crippen molar-refractivity contribution >= 4 is 11.5 Å². The summed E-state index contributed by atoms with van der Waals surface area (Å²) in [4.78, 5) is 4.22. The molecule has 1 aromatic heterocycles. The highest BCUT2D eigenvalue weighted by atomic mass is 15.3. The Labute approximate surface area is 124 Å². The summed E-state index contributed by atoms with van der Waals surface area (Å²) in [7, 11) is 0. The minimum absolute atomic E-state index is 0.724. The molecule has 0 saturated heterocycles. The van der Waals surface area contributed by atoms with E-state index in [1.165, 1.54) is 0 Å². The van der Waals surface area contributed by atoms with Gasteiger partial charge in [-0.3, -0.25) is 5.43 Å². The van der Waals surface area contributed by atoms with Crippen LogP contribution in [0, 0.1) is 0 Å². The highest BCUT2D eigenvalue weighted by Gasteiger charge is 2.06. The number of rotatable bonds is 4. The van der Waals surface area contributed by atoms with Crippen molar-refractivity contribution in [2.45, 2.75) is 0 Å². The molecule has 2 aromatic carbocycles. The molecule has 3 rings (SSSR count). The second-order valence-electron chi connectivity index (χ2n) is 4.52. The minimum atomic E-state index is 0.724. The number of hydrazone groups is 1. The number of benzene rings is 2. The van der Waals surface area contributed by atoms with E-state index in [0.29, 0.717) is 0 Å². The Balaban J connectivity index is 1.97. The Morgan fingerprint density at radius 1 is 0.714 bits per heavy atom. The lowest BCUT2D eigenvalue weighted by molar-refractivity contribution is 1.22. The van der Waals surface area contributed by atoms with Crippen molar-refractivity contribution in [1.29, 1.82) is 0 Å². The smallest absolute Gasteiger partial charge is 0.146 e. The molecular formula is C18H15N3. The normalized spacial score (nSPS) is 9.90. The van der Waals surface area contributed by atoms with Crippen molar-refractivity contribution in [3.05, 3.63) is 96.2 Å². The monoisotopic (exact) mass is 273 g/mol. The van der Waals surface area contributed by atoms with Gasteiger partial charge in [0.05, 0.1) is 5.71 Å². The van der Waals surface area contributed by atoms with Crippen LogP contribution in [-0.4, -0.2) is 10.7 Å². The van der Waals surface area contributed by atoms with Crippen LogP contribution in [0.3, 0.4) is 0 Å². The lowest BCUT2D eigenvalue weighted by atomic mass is 10.0. The molecule has 0 unspecified atom stereocenters. The van der Waals surface area contributed by atoms with Crippen LogP contribution < -0.4 is 5.43 Å². The van der Waals surface area contributed by atoms with Gasteiger partial charge in [-0.2, -0.15) is 5.10 Å². The molecule has 102 valence electrons. The first kappa shape index (κ1) is 13.1. The predicted octanol–water partition coefficient (Wildman–Crippen LogP) is 3.95. The van der Waals surface area contributed by atoms with E-state index < -0.39 is 0 Å². The Kier molecular flexibility index (Phi) is 4.03. The van der Waals surface area contributed by atoms with Crippen molar-refractivity contribution in [2.75, 3.05) is 5.43 Å².